The minimum atomic E-state index is -0.203. The molecule has 0 aliphatic carbocycles. The number of amides is 1. The summed E-state index contributed by atoms with van der Waals surface area (Å²) in [5.74, 6) is -0.203. The summed E-state index contributed by atoms with van der Waals surface area (Å²) < 4.78 is 2.08. The lowest BCUT2D eigenvalue weighted by Crippen LogP contribution is -2.49. The zero-order valence-corrected chi connectivity index (χ0v) is 16.9. The van der Waals surface area contributed by atoms with Crippen molar-refractivity contribution in [3.63, 3.8) is 0 Å². The molecule has 3 aromatic rings. The third-order valence-electron chi connectivity index (χ3n) is 5.48. The average molecular weight is 396 g/mol. The molecule has 1 fully saturated rings. The summed E-state index contributed by atoms with van der Waals surface area (Å²) in [5, 5.41) is 10.7. The molecule has 0 atom stereocenters. The predicted octanol–water partition coefficient (Wildman–Crippen LogP) is 4.08. The highest BCUT2D eigenvalue weighted by Gasteiger charge is 2.24. The first-order chi connectivity index (χ1) is 14.7. The molecule has 1 aliphatic rings. The first kappa shape index (κ1) is 19.5. The fraction of sp³-hybridized carbons (Fsp3) is 0.200. The summed E-state index contributed by atoms with van der Waals surface area (Å²) in [4.78, 5) is 17.1. The summed E-state index contributed by atoms with van der Waals surface area (Å²) in [7, 11) is 0. The number of benzene rings is 2. The van der Waals surface area contributed by atoms with Crippen molar-refractivity contribution in [3.8, 4) is 6.07 Å². The van der Waals surface area contributed by atoms with E-state index in [4.69, 9.17) is 0 Å². The molecule has 1 saturated heterocycles. The molecule has 0 saturated carbocycles. The van der Waals surface area contributed by atoms with E-state index in [2.05, 4.69) is 34.2 Å². The first-order valence-corrected chi connectivity index (χ1v) is 10.1. The number of allylic oxidation sites excluding steroid dienone is 1. The largest absolute Gasteiger partial charge is 0.368 e. The van der Waals surface area contributed by atoms with E-state index in [0.717, 1.165) is 35.2 Å². The Hall–Kier alpha value is -3.78. The number of nitriles is 1. The van der Waals surface area contributed by atoms with Gasteiger partial charge in [-0.3, -0.25) is 4.79 Å². The number of aromatic nitrogens is 1. The normalized spacial score (nSPS) is 14.6. The van der Waals surface area contributed by atoms with Crippen molar-refractivity contribution < 1.29 is 4.79 Å². The Morgan fingerprint density at radius 3 is 2.43 bits per heavy atom. The zero-order chi connectivity index (χ0) is 20.9. The molecule has 5 nitrogen and oxygen atoms in total. The van der Waals surface area contributed by atoms with Crippen LogP contribution in [0, 0.1) is 11.3 Å². The van der Waals surface area contributed by atoms with E-state index in [0.29, 0.717) is 19.6 Å². The van der Waals surface area contributed by atoms with Gasteiger partial charge in [0.25, 0.3) is 5.91 Å². The number of hydrogen-bond donors (Lipinski definition) is 0. The van der Waals surface area contributed by atoms with Gasteiger partial charge >= 0.3 is 0 Å². The van der Waals surface area contributed by atoms with Crippen LogP contribution in [0.4, 0.5) is 5.69 Å². The molecule has 2 aromatic carbocycles. The molecule has 4 rings (SSSR count). The van der Waals surface area contributed by atoms with Crippen LogP contribution in [0.15, 0.2) is 79.0 Å². The number of piperazine rings is 1. The number of fused-ring (bicyclic) bond motifs is 1. The standard InChI is InChI=1S/C25H24N4O/c1-2-12-29-19-21(23-10-6-7-11-24(23)29)17-20(18-26)25(30)28-15-13-27(14-16-28)22-8-4-3-5-9-22/h2-11,17,19H,1,12-16H2/b20-17-. The number of carbonyl (C=O) groups is 1. The average Bonchev–Trinajstić information content (AvgIpc) is 3.15. The molecule has 1 aromatic heterocycles. The molecule has 0 N–H and O–H groups in total. The SMILES string of the molecule is C=CCn1cc(/C=C(/C#N)C(=O)N2CCN(c3ccccc3)CC2)c2ccccc21. The van der Waals surface area contributed by atoms with Gasteiger partial charge in [-0.1, -0.05) is 42.5 Å². The van der Waals surface area contributed by atoms with Crippen LogP contribution in [0.2, 0.25) is 0 Å². The maximum absolute atomic E-state index is 13.0. The van der Waals surface area contributed by atoms with Gasteiger partial charge in [-0.2, -0.15) is 5.26 Å². The molecule has 150 valence electrons. The summed E-state index contributed by atoms with van der Waals surface area (Å²) in [6, 6.07) is 20.3. The quantitative estimate of drug-likeness (QED) is 0.371. The second-order valence-electron chi connectivity index (χ2n) is 7.33. The van der Waals surface area contributed by atoms with E-state index in [1.807, 2.05) is 54.7 Å². The van der Waals surface area contributed by atoms with E-state index >= 15 is 0 Å². The van der Waals surface area contributed by atoms with Crippen molar-refractivity contribution in [2.75, 3.05) is 31.1 Å². The van der Waals surface area contributed by atoms with E-state index in [1.165, 1.54) is 0 Å². The number of nitrogens with zero attached hydrogens (tertiary/aromatic N) is 4. The van der Waals surface area contributed by atoms with Gasteiger partial charge in [0.2, 0.25) is 0 Å². The third kappa shape index (κ3) is 3.85. The summed E-state index contributed by atoms with van der Waals surface area (Å²) >= 11 is 0. The van der Waals surface area contributed by atoms with Crippen LogP contribution < -0.4 is 4.90 Å². The second kappa shape index (κ2) is 8.71. The second-order valence-corrected chi connectivity index (χ2v) is 7.33. The maximum Gasteiger partial charge on any atom is 0.264 e. The Bertz CT molecular complexity index is 1130. The molecule has 1 amide bonds. The van der Waals surface area contributed by atoms with Crippen molar-refractivity contribution in [1.82, 2.24) is 9.47 Å². The van der Waals surface area contributed by atoms with Crippen molar-refractivity contribution in [1.29, 1.82) is 5.26 Å². The highest BCUT2D eigenvalue weighted by molar-refractivity contribution is 6.04. The Balaban J connectivity index is 1.54. The lowest BCUT2D eigenvalue weighted by molar-refractivity contribution is -0.126. The van der Waals surface area contributed by atoms with Gasteiger partial charge in [-0.05, 0) is 24.3 Å². The number of anilines is 1. The highest BCUT2D eigenvalue weighted by Crippen LogP contribution is 2.24. The lowest BCUT2D eigenvalue weighted by Gasteiger charge is -2.36. The van der Waals surface area contributed by atoms with Crippen LogP contribution in [-0.4, -0.2) is 41.6 Å². The third-order valence-corrected chi connectivity index (χ3v) is 5.48. The molecular weight excluding hydrogens is 372 g/mol. The number of hydrogen-bond acceptors (Lipinski definition) is 3. The molecule has 0 spiro atoms. The zero-order valence-electron chi connectivity index (χ0n) is 16.9. The van der Waals surface area contributed by atoms with Crippen LogP contribution in [0.5, 0.6) is 0 Å². The fourth-order valence-corrected chi connectivity index (χ4v) is 3.95. The predicted molar refractivity (Wildman–Crippen MR) is 121 cm³/mol. The van der Waals surface area contributed by atoms with Crippen molar-refractivity contribution in [3.05, 3.63) is 84.6 Å². The monoisotopic (exact) mass is 396 g/mol. The van der Waals surface area contributed by atoms with E-state index in [9.17, 15) is 10.1 Å². The van der Waals surface area contributed by atoms with Gasteiger partial charge < -0.3 is 14.4 Å². The molecule has 0 unspecified atom stereocenters. The fourth-order valence-electron chi connectivity index (χ4n) is 3.95. The Labute approximate surface area is 176 Å². The van der Waals surface area contributed by atoms with E-state index in [1.54, 1.807) is 11.0 Å². The molecule has 30 heavy (non-hydrogen) atoms. The van der Waals surface area contributed by atoms with Crippen LogP contribution in [-0.2, 0) is 11.3 Å². The van der Waals surface area contributed by atoms with E-state index in [-0.39, 0.29) is 11.5 Å². The topological polar surface area (TPSA) is 52.3 Å². The van der Waals surface area contributed by atoms with Gasteiger partial charge in [0.1, 0.15) is 11.6 Å². The minimum absolute atomic E-state index is 0.171. The maximum atomic E-state index is 13.0. The van der Waals surface area contributed by atoms with Gasteiger partial charge in [0, 0.05) is 61.1 Å². The summed E-state index contributed by atoms with van der Waals surface area (Å²) in [6.45, 7) is 7.20. The van der Waals surface area contributed by atoms with Gasteiger partial charge in [-0.25, -0.2) is 0 Å². The van der Waals surface area contributed by atoms with Crippen LogP contribution >= 0.6 is 0 Å². The summed E-state index contributed by atoms with van der Waals surface area (Å²) in [6.07, 6.45) is 5.53. The Kier molecular flexibility index (Phi) is 5.67. The number of para-hydroxylation sites is 2. The molecule has 2 heterocycles. The molecule has 0 radical (unpaired) electrons. The molecular formula is C25H24N4O. The van der Waals surface area contributed by atoms with Crippen LogP contribution in [0.25, 0.3) is 17.0 Å². The Morgan fingerprint density at radius 1 is 1.03 bits per heavy atom. The molecule has 1 aliphatic heterocycles. The first-order valence-electron chi connectivity index (χ1n) is 10.1. The van der Waals surface area contributed by atoms with Crippen molar-refractivity contribution in [2.24, 2.45) is 0 Å². The van der Waals surface area contributed by atoms with Gasteiger partial charge in [0.15, 0.2) is 0 Å². The lowest BCUT2D eigenvalue weighted by atomic mass is 10.1. The Morgan fingerprint density at radius 2 is 1.73 bits per heavy atom. The number of rotatable bonds is 5. The highest BCUT2D eigenvalue weighted by atomic mass is 16.2. The van der Waals surface area contributed by atoms with Gasteiger partial charge in [-0.15, -0.1) is 6.58 Å². The molecule has 0 bridgehead atoms. The number of carbonyl (C=O) groups excluding carboxylic acids is 1. The smallest absolute Gasteiger partial charge is 0.264 e. The van der Waals surface area contributed by atoms with Gasteiger partial charge in [0.05, 0.1) is 0 Å². The minimum Gasteiger partial charge on any atom is -0.368 e. The van der Waals surface area contributed by atoms with Crippen LogP contribution in [0.1, 0.15) is 5.56 Å². The van der Waals surface area contributed by atoms with E-state index < -0.39 is 0 Å². The van der Waals surface area contributed by atoms with Crippen molar-refractivity contribution >= 4 is 28.6 Å². The van der Waals surface area contributed by atoms with Crippen molar-refractivity contribution in [2.45, 2.75) is 6.54 Å². The summed E-state index contributed by atoms with van der Waals surface area (Å²) in [5.41, 5.74) is 3.27. The molecule has 5 heteroatoms. The van der Waals surface area contributed by atoms with Crippen LogP contribution in [0.3, 0.4) is 0 Å².